The molecule has 0 heterocycles. The molecule has 0 atom stereocenters. The highest BCUT2D eigenvalue weighted by Gasteiger charge is 2.14. The normalized spacial score (nSPS) is 10.2. The summed E-state index contributed by atoms with van der Waals surface area (Å²) in [5, 5.41) is 2.77. The zero-order valence-corrected chi connectivity index (χ0v) is 15.1. The van der Waals surface area contributed by atoms with E-state index in [9.17, 15) is 9.59 Å². The van der Waals surface area contributed by atoms with E-state index in [-0.39, 0.29) is 24.8 Å². The van der Waals surface area contributed by atoms with Crippen molar-refractivity contribution in [3.63, 3.8) is 0 Å². The van der Waals surface area contributed by atoms with Gasteiger partial charge in [0.15, 0.2) is 0 Å². The predicted octanol–water partition coefficient (Wildman–Crippen LogP) is 2.95. The highest BCUT2D eigenvalue weighted by Crippen LogP contribution is 2.15. The van der Waals surface area contributed by atoms with Gasteiger partial charge >= 0.3 is 0 Å². The Balaban J connectivity index is 1.88. The standard InChI is InChI=1S/C20H24N2O3/c1-14-5-6-16(11-15(14)2)12-20(24)22(3)13-19(23)21-17-7-9-18(25-4)10-8-17/h5-11H,12-13H2,1-4H3,(H,21,23). The monoisotopic (exact) mass is 340 g/mol. The van der Waals surface area contributed by atoms with E-state index >= 15 is 0 Å². The lowest BCUT2D eigenvalue weighted by atomic mass is 10.0. The molecular formula is C20H24N2O3. The number of aryl methyl sites for hydroxylation is 2. The molecule has 0 saturated heterocycles. The lowest BCUT2D eigenvalue weighted by molar-refractivity contribution is -0.132. The molecule has 2 rings (SSSR count). The van der Waals surface area contributed by atoms with Gasteiger partial charge in [0, 0.05) is 12.7 Å². The Hall–Kier alpha value is -2.82. The second-order valence-electron chi connectivity index (χ2n) is 6.12. The molecule has 0 fully saturated rings. The van der Waals surface area contributed by atoms with Gasteiger partial charge in [0.25, 0.3) is 0 Å². The highest BCUT2D eigenvalue weighted by molar-refractivity contribution is 5.94. The van der Waals surface area contributed by atoms with Crippen LogP contribution < -0.4 is 10.1 Å². The van der Waals surface area contributed by atoms with E-state index in [0.29, 0.717) is 5.69 Å². The van der Waals surface area contributed by atoms with Crippen molar-refractivity contribution in [1.82, 2.24) is 4.90 Å². The first-order valence-corrected chi connectivity index (χ1v) is 8.13. The number of benzene rings is 2. The van der Waals surface area contributed by atoms with Crippen LogP contribution >= 0.6 is 0 Å². The predicted molar refractivity (Wildman–Crippen MR) is 98.9 cm³/mol. The molecule has 0 aliphatic carbocycles. The molecule has 0 unspecified atom stereocenters. The minimum Gasteiger partial charge on any atom is -0.497 e. The number of anilines is 1. The molecule has 0 aromatic heterocycles. The summed E-state index contributed by atoms with van der Waals surface area (Å²) in [6.45, 7) is 4.07. The molecule has 25 heavy (non-hydrogen) atoms. The number of rotatable bonds is 6. The molecule has 1 N–H and O–H groups in total. The third-order valence-electron chi connectivity index (χ3n) is 4.11. The van der Waals surface area contributed by atoms with Crippen molar-refractivity contribution in [2.45, 2.75) is 20.3 Å². The van der Waals surface area contributed by atoms with Gasteiger partial charge in [-0.05, 0) is 54.8 Å². The van der Waals surface area contributed by atoms with E-state index in [4.69, 9.17) is 4.74 Å². The van der Waals surface area contributed by atoms with Gasteiger partial charge < -0.3 is 15.0 Å². The molecule has 0 radical (unpaired) electrons. The van der Waals surface area contributed by atoms with E-state index in [1.165, 1.54) is 10.5 Å². The third kappa shape index (κ3) is 5.35. The van der Waals surface area contributed by atoms with Crippen LogP contribution in [0.25, 0.3) is 0 Å². The van der Waals surface area contributed by atoms with Crippen LogP contribution in [0.1, 0.15) is 16.7 Å². The average Bonchev–Trinajstić information content (AvgIpc) is 2.58. The number of amides is 2. The van der Waals surface area contributed by atoms with Crippen LogP contribution in [0.2, 0.25) is 0 Å². The van der Waals surface area contributed by atoms with Gasteiger partial charge in [-0.2, -0.15) is 0 Å². The first-order chi connectivity index (χ1) is 11.9. The summed E-state index contributed by atoms with van der Waals surface area (Å²) in [4.78, 5) is 25.8. The minimum absolute atomic E-state index is 0.00963. The van der Waals surface area contributed by atoms with Crippen molar-refractivity contribution in [1.29, 1.82) is 0 Å². The molecule has 0 spiro atoms. The number of carbonyl (C=O) groups is 2. The Bertz CT molecular complexity index is 754. The quantitative estimate of drug-likeness (QED) is 0.879. The smallest absolute Gasteiger partial charge is 0.243 e. The number of carbonyl (C=O) groups excluding carboxylic acids is 2. The molecule has 132 valence electrons. The topological polar surface area (TPSA) is 58.6 Å². The van der Waals surface area contributed by atoms with Crippen LogP contribution in [0.4, 0.5) is 5.69 Å². The van der Waals surface area contributed by atoms with Gasteiger partial charge in [-0.1, -0.05) is 18.2 Å². The van der Waals surface area contributed by atoms with Crippen LogP contribution in [0.15, 0.2) is 42.5 Å². The molecule has 2 aromatic carbocycles. The Labute approximate surface area is 148 Å². The average molecular weight is 340 g/mol. The first-order valence-electron chi connectivity index (χ1n) is 8.13. The van der Waals surface area contributed by atoms with E-state index in [1.807, 2.05) is 32.0 Å². The lowest BCUT2D eigenvalue weighted by Gasteiger charge is -2.17. The summed E-state index contributed by atoms with van der Waals surface area (Å²) >= 11 is 0. The van der Waals surface area contributed by atoms with E-state index in [0.717, 1.165) is 16.9 Å². The van der Waals surface area contributed by atoms with E-state index in [1.54, 1.807) is 38.4 Å². The van der Waals surface area contributed by atoms with Crippen LogP contribution in [-0.2, 0) is 16.0 Å². The number of hydrogen-bond acceptors (Lipinski definition) is 3. The Morgan fingerprint density at radius 1 is 1.04 bits per heavy atom. The van der Waals surface area contributed by atoms with Gasteiger partial charge in [0.05, 0.1) is 20.1 Å². The fourth-order valence-corrected chi connectivity index (χ4v) is 2.40. The molecule has 5 nitrogen and oxygen atoms in total. The number of nitrogens with one attached hydrogen (secondary N) is 1. The number of likely N-dealkylation sites (N-methyl/N-ethyl adjacent to an activating group) is 1. The Morgan fingerprint density at radius 3 is 2.32 bits per heavy atom. The molecular weight excluding hydrogens is 316 g/mol. The molecule has 0 bridgehead atoms. The van der Waals surface area contributed by atoms with Crippen molar-refractivity contribution in [3.8, 4) is 5.75 Å². The van der Waals surface area contributed by atoms with Gasteiger partial charge in [0.2, 0.25) is 11.8 Å². The number of methoxy groups -OCH3 is 1. The fourth-order valence-electron chi connectivity index (χ4n) is 2.40. The molecule has 0 saturated carbocycles. The van der Waals surface area contributed by atoms with E-state index < -0.39 is 0 Å². The van der Waals surface area contributed by atoms with E-state index in [2.05, 4.69) is 5.32 Å². The van der Waals surface area contributed by atoms with Crippen LogP contribution in [0.5, 0.6) is 5.75 Å². The maximum Gasteiger partial charge on any atom is 0.243 e. The van der Waals surface area contributed by atoms with Crippen LogP contribution in [0.3, 0.4) is 0 Å². The maximum absolute atomic E-state index is 12.3. The van der Waals surface area contributed by atoms with Crippen LogP contribution in [0, 0.1) is 13.8 Å². The second kappa shape index (κ2) is 8.33. The van der Waals surface area contributed by atoms with Gasteiger partial charge in [0.1, 0.15) is 5.75 Å². The highest BCUT2D eigenvalue weighted by atomic mass is 16.5. The summed E-state index contributed by atoms with van der Waals surface area (Å²) in [7, 11) is 3.22. The number of ether oxygens (including phenoxy) is 1. The second-order valence-corrected chi connectivity index (χ2v) is 6.12. The van der Waals surface area contributed by atoms with Crippen molar-refractivity contribution < 1.29 is 14.3 Å². The first kappa shape index (κ1) is 18.5. The zero-order valence-electron chi connectivity index (χ0n) is 15.1. The summed E-state index contributed by atoms with van der Waals surface area (Å²) in [5.74, 6) is 0.396. The van der Waals surface area contributed by atoms with Crippen molar-refractivity contribution in [2.75, 3.05) is 26.0 Å². The van der Waals surface area contributed by atoms with Gasteiger partial charge in [-0.3, -0.25) is 9.59 Å². The van der Waals surface area contributed by atoms with Gasteiger partial charge in [-0.25, -0.2) is 0 Å². The largest absolute Gasteiger partial charge is 0.497 e. The molecule has 2 aromatic rings. The summed E-state index contributed by atoms with van der Waals surface area (Å²) in [6.07, 6.45) is 0.285. The molecule has 2 amide bonds. The minimum atomic E-state index is -0.235. The van der Waals surface area contributed by atoms with Crippen molar-refractivity contribution >= 4 is 17.5 Å². The molecule has 0 aliphatic heterocycles. The molecule has 5 heteroatoms. The fraction of sp³-hybridized carbons (Fsp3) is 0.300. The number of hydrogen-bond donors (Lipinski definition) is 1. The number of nitrogens with zero attached hydrogens (tertiary/aromatic N) is 1. The Morgan fingerprint density at radius 2 is 1.72 bits per heavy atom. The Kier molecular flexibility index (Phi) is 6.17. The van der Waals surface area contributed by atoms with Crippen molar-refractivity contribution in [2.24, 2.45) is 0 Å². The zero-order chi connectivity index (χ0) is 18.4. The SMILES string of the molecule is COc1ccc(NC(=O)CN(C)C(=O)Cc2ccc(C)c(C)c2)cc1. The van der Waals surface area contributed by atoms with Gasteiger partial charge in [-0.15, -0.1) is 0 Å². The summed E-state index contributed by atoms with van der Waals surface area (Å²) in [5.41, 5.74) is 3.98. The molecule has 0 aliphatic rings. The summed E-state index contributed by atoms with van der Waals surface area (Å²) < 4.78 is 5.08. The maximum atomic E-state index is 12.3. The third-order valence-corrected chi connectivity index (χ3v) is 4.11. The summed E-state index contributed by atoms with van der Waals surface area (Å²) in [6, 6.07) is 13.0. The lowest BCUT2D eigenvalue weighted by Crippen LogP contribution is -2.35. The van der Waals surface area contributed by atoms with Crippen molar-refractivity contribution in [3.05, 3.63) is 59.2 Å². The van der Waals surface area contributed by atoms with Crippen LogP contribution in [-0.4, -0.2) is 37.4 Å².